The number of para-hydroxylation sites is 1. The molecule has 0 atom stereocenters. The zero-order valence-corrected chi connectivity index (χ0v) is 14.3. The highest BCUT2D eigenvalue weighted by molar-refractivity contribution is 7.99. The lowest BCUT2D eigenvalue weighted by atomic mass is 10.3. The second-order valence-corrected chi connectivity index (χ2v) is 6.09. The van der Waals surface area contributed by atoms with Crippen molar-refractivity contribution < 1.29 is 4.79 Å². The Labute approximate surface area is 150 Å². The summed E-state index contributed by atoms with van der Waals surface area (Å²) in [6.07, 6.45) is 5.22. The van der Waals surface area contributed by atoms with Crippen LogP contribution in [0.1, 0.15) is 0 Å². The summed E-state index contributed by atoms with van der Waals surface area (Å²) >= 11 is 1.34. The van der Waals surface area contributed by atoms with E-state index in [1.165, 1.54) is 11.8 Å². The first-order valence-electron chi connectivity index (χ1n) is 7.70. The normalized spacial score (nSPS) is 10.4. The molecule has 126 valence electrons. The number of amides is 1. The molecule has 6 nitrogen and oxygen atoms in total. The number of thioether (sulfide) groups is 1. The zero-order valence-electron chi connectivity index (χ0n) is 13.5. The summed E-state index contributed by atoms with van der Waals surface area (Å²) in [5, 5.41) is 12.0. The first kappa shape index (κ1) is 16.9. The fourth-order valence-electron chi connectivity index (χ4n) is 2.25. The molecule has 2 aromatic heterocycles. The lowest BCUT2D eigenvalue weighted by Gasteiger charge is -2.08. The van der Waals surface area contributed by atoms with Crippen LogP contribution in [-0.2, 0) is 11.3 Å². The quantitative estimate of drug-likeness (QED) is 0.522. The zero-order chi connectivity index (χ0) is 17.5. The molecule has 0 saturated heterocycles. The molecule has 0 saturated carbocycles. The third-order valence-corrected chi connectivity index (χ3v) is 4.30. The van der Waals surface area contributed by atoms with Crippen LogP contribution in [0.15, 0.2) is 72.7 Å². The number of nitrogens with one attached hydrogen (secondary N) is 1. The monoisotopic (exact) mass is 351 g/mol. The van der Waals surface area contributed by atoms with Gasteiger partial charge in [-0.15, -0.1) is 16.8 Å². The summed E-state index contributed by atoms with van der Waals surface area (Å²) in [5.41, 5.74) is 1.65. The molecule has 0 aliphatic carbocycles. The van der Waals surface area contributed by atoms with E-state index in [0.29, 0.717) is 17.5 Å². The van der Waals surface area contributed by atoms with E-state index in [0.717, 1.165) is 11.3 Å². The van der Waals surface area contributed by atoms with Gasteiger partial charge in [0.1, 0.15) is 0 Å². The molecule has 0 aliphatic rings. The number of pyridine rings is 1. The molecule has 3 aromatic rings. The van der Waals surface area contributed by atoms with Crippen LogP contribution in [0.5, 0.6) is 0 Å². The fraction of sp³-hybridized carbons (Fsp3) is 0.111. The Hall–Kier alpha value is -2.93. The number of nitrogens with zero attached hydrogens (tertiary/aromatic N) is 4. The Morgan fingerprint density at radius 2 is 2.04 bits per heavy atom. The number of hydrogen-bond donors (Lipinski definition) is 1. The largest absolute Gasteiger partial charge is 0.325 e. The molecule has 2 heterocycles. The molecule has 0 aliphatic heterocycles. The van der Waals surface area contributed by atoms with Crippen molar-refractivity contribution in [2.24, 2.45) is 0 Å². The molecule has 1 amide bonds. The van der Waals surface area contributed by atoms with Crippen LogP contribution in [-0.4, -0.2) is 31.4 Å². The summed E-state index contributed by atoms with van der Waals surface area (Å²) < 4.78 is 1.92. The maximum absolute atomic E-state index is 12.1. The van der Waals surface area contributed by atoms with Gasteiger partial charge in [0.15, 0.2) is 11.0 Å². The Bertz CT molecular complexity index is 848. The maximum Gasteiger partial charge on any atom is 0.234 e. The van der Waals surface area contributed by atoms with E-state index in [9.17, 15) is 4.79 Å². The summed E-state index contributed by atoms with van der Waals surface area (Å²) in [7, 11) is 0. The molecule has 0 unspecified atom stereocenters. The van der Waals surface area contributed by atoms with E-state index in [4.69, 9.17) is 0 Å². The number of anilines is 1. The number of aromatic nitrogens is 4. The van der Waals surface area contributed by atoms with Crippen LogP contribution >= 0.6 is 11.8 Å². The summed E-state index contributed by atoms with van der Waals surface area (Å²) in [4.78, 5) is 16.2. The van der Waals surface area contributed by atoms with Gasteiger partial charge in [-0.1, -0.05) is 36.0 Å². The predicted molar refractivity (Wildman–Crippen MR) is 99.2 cm³/mol. The first-order chi connectivity index (χ1) is 12.3. The minimum absolute atomic E-state index is 0.0905. The van der Waals surface area contributed by atoms with E-state index in [1.54, 1.807) is 18.5 Å². The number of carbonyl (C=O) groups is 1. The predicted octanol–water partition coefficient (Wildman–Crippen LogP) is 3.26. The number of hydrogen-bond acceptors (Lipinski definition) is 5. The van der Waals surface area contributed by atoms with Gasteiger partial charge in [-0.05, 0) is 24.3 Å². The van der Waals surface area contributed by atoms with Gasteiger partial charge in [0.25, 0.3) is 0 Å². The highest BCUT2D eigenvalue weighted by Crippen LogP contribution is 2.23. The average molecular weight is 351 g/mol. The highest BCUT2D eigenvalue weighted by Gasteiger charge is 2.15. The van der Waals surface area contributed by atoms with E-state index in [-0.39, 0.29) is 11.7 Å². The fourth-order valence-corrected chi connectivity index (χ4v) is 2.99. The van der Waals surface area contributed by atoms with Crippen molar-refractivity contribution in [1.82, 2.24) is 19.7 Å². The molecule has 0 radical (unpaired) electrons. The third kappa shape index (κ3) is 4.33. The van der Waals surface area contributed by atoms with Gasteiger partial charge in [-0.3, -0.25) is 14.3 Å². The standard InChI is InChI=1S/C18H17N5OS/c1-2-11-23-17(14-7-6-10-19-12-14)21-22-18(23)25-13-16(24)20-15-8-4-3-5-9-15/h2-10,12H,1,11,13H2,(H,20,24). The number of benzene rings is 1. The first-order valence-corrected chi connectivity index (χ1v) is 8.68. The van der Waals surface area contributed by atoms with Crippen molar-refractivity contribution in [3.63, 3.8) is 0 Å². The Balaban J connectivity index is 1.71. The van der Waals surface area contributed by atoms with E-state index in [2.05, 4.69) is 27.1 Å². The van der Waals surface area contributed by atoms with Crippen LogP contribution in [0.25, 0.3) is 11.4 Å². The van der Waals surface area contributed by atoms with Crippen LogP contribution in [0.2, 0.25) is 0 Å². The Morgan fingerprint density at radius 1 is 1.20 bits per heavy atom. The Kier molecular flexibility index (Phi) is 5.58. The van der Waals surface area contributed by atoms with Crippen LogP contribution in [0.4, 0.5) is 5.69 Å². The summed E-state index contributed by atoms with van der Waals surface area (Å²) in [6, 6.07) is 13.1. The molecule has 0 spiro atoms. The topological polar surface area (TPSA) is 72.7 Å². The van der Waals surface area contributed by atoms with Gasteiger partial charge < -0.3 is 5.32 Å². The molecule has 1 aromatic carbocycles. The van der Waals surface area contributed by atoms with E-state index < -0.39 is 0 Å². The van der Waals surface area contributed by atoms with Crippen LogP contribution in [0.3, 0.4) is 0 Å². The molecule has 7 heteroatoms. The van der Waals surface area contributed by atoms with E-state index in [1.807, 2.05) is 47.0 Å². The van der Waals surface area contributed by atoms with Crippen LogP contribution in [0, 0.1) is 0 Å². The second kappa shape index (κ2) is 8.25. The van der Waals surface area contributed by atoms with Gasteiger partial charge in [-0.25, -0.2) is 0 Å². The maximum atomic E-state index is 12.1. The second-order valence-electron chi connectivity index (χ2n) is 5.15. The van der Waals surface area contributed by atoms with Crippen molar-refractivity contribution in [1.29, 1.82) is 0 Å². The van der Waals surface area contributed by atoms with Crippen molar-refractivity contribution >= 4 is 23.4 Å². The molecule has 3 rings (SSSR count). The lowest BCUT2D eigenvalue weighted by Crippen LogP contribution is -2.14. The third-order valence-electron chi connectivity index (χ3n) is 3.34. The average Bonchev–Trinajstić information content (AvgIpc) is 3.05. The summed E-state index contributed by atoms with van der Waals surface area (Å²) in [5.74, 6) is 0.864. The SMILES string of the molecule is C=CCn1c(SCC(=O)Nc2ccccc2)nnc1-c1cccnc1. The van der Waals surface area contributed by atoms with Crippen molar-refractivity contribution in [3.05, 3.63) is 67.5 Å². The summed E-state index contributed by atoms with van der Waals surface area (Å²) in [6.45, 7) is 4.34. The van der Waals surface area contributed by atoms with Crippen molar-refractivity contribution in [2.45, 2.75) is 11.7 Å². The molecule has 25 heavy (non-hydrogen) atoms. The number of rotatable bonds is 7. The van der Waals surface area contributed by atoms with E-state index >= 15 is 0 Å². The molecular weight excluding hydrogens is 334 g/mol. The Morgan fingerprint density at radius 3 is 2.76 bits per heavy atom. The van der Waals surface area contributed by atoms with Crippen molar-refractivity contribution in [2.75, 3.05) is 11.1 Å². The van der Waals surface area contributed by atoms with Gasteiger partial charge in [-0.2, -0.15) is 0 Å². The van der Waals surface area contributed by atoms with Crippen LogP contribution < -0.4 is 5.32 Å². The van der Waals surface area contributed by atoms with Crippen molar-refractivity contribution in [3.8, 4) is 11.4 Å². The molecular formula is C18H17N5OS. The number of carbonyl (C=O) groups excluding carboxylic acids is 1. The van der Waals surface area contributed by atoms with Gasteiger partial charge in [0, 0.05) is 30.2 Å². The lowest BCUT2D eigenvalue weighted by molar-refractivity contribution is -0.113. The highest BCUT2D eigenvalue weighted by atomic mass is 32.2. The molecule has 0 bridgehead atoms. The minimum Gasteiger partial charge on any atom is -0.325 e. The smallest absolute Gasteiger partial charge is 0.234 e. The minimum atomic E-state index is -0.0905. The van der Waals surface area contributed by atoms with Gasteiger partial charge >= 0.3 is 0 Å². The molecule has 0 fully saturated rings. The number of allylic oxidation sites excluding steroid dienone is 1. The van der Waals surface area contributed by atoms with Gasteiger partial charge in [0.05, 0.1) is 5.75 Å². The molecule has 1 N–H and O–H groups in total. The van der Waals surface area contributed by atoms with Gasteiger partial charge in [0.2, 0.25) is 5.91 Å².